The Kier molecular flexibility index (Phi) is 4.64. The molecule has 0 radical (unpaired) electrons. The van der Waals surface area contributed by atoms with E-state index in [1.54, 1.807) is 0 Å². The van der Waals surface area contributed by atoms with Gasteiger partial charge in [0.15, 0.2) is 0 Å². The molecule has 104 valence electrons. The Morgan fingerprint density at radius 1 is 1.42 bits per heavy atom. The number of hydrogen-bond donors (Lipinski definition) is 2. The third-order valence-electron chi connectivity index (χ3n) is 3.70. The standard InChI is InChI=1S/C14H19ClN2O2/c1-9-3-2-4-10(6-5-9)17-13-7-11(14(18)19)12(15)8-16-13/h7-10H,2-6H2,1H3,(H,16,17)(H,18,19). The summed E-state index contributed by atoms with van der Waals surface area (Å²) in [7, 11) is 0. The highest BCUT2D eigenvalue weighted by Gasteiger charge is 2.17. The molecule has 2 unspecified atom stereocenters. The number of pyridine rings is 1. The van der Waals surface area contributed by atoms with Gasteiger partial charge in [0.2, 0.25) is 0 Å². The SMILES string of the molecule is CC1CCCC(Nc2cc(C(=O)O)c(Cl)cn2)CC1. The third-order valence-corrected chi connectivity index (χ3v) is 4.00. The molecule has 2 atom stereocenters. The van der Waals surface area contributed by atoms with E-state index < -0.39 is 5.97 Å². The van der Waals surface area contributed by atoms with Crippen LogP contribution in [0.4, 0.5) is 5.82 Å². The Morgan fingerprint density at radius 3 is 2.95 bits per heavy atom. The van der Waals surface area contributed by atoms with Gasteiger partial charge >= 0.3 is 5.97 Å². The molecule has 1 aliphatic rings. The Balaban J connectivity index is 2.06. The first kappa shape index (κ1) is 14.1. The van der Waals surface area contributed by atoms with Crippen molar-refractivity contribution in [3.8, 4) is 0 Å². The number of nitrogens with one attached hydrogen (secondary N) is 1. The van der Waals surface area contributed by atoms with Gasteiger partial charge in [-0.3, -0.25) is 0 Å². The maximum atomic E-state index is 11.0. The van der Waals surface area contributed by atoms with E-state index in [2.05, 4.69) is 17.2 Å². The van der Waals surface area contributed by atoms with Crippen molar-refractivity contribution in [2.75, 3.05) is 5.32 Å². The number of rotatable bonds is 3. The highest BCUT2D eigenvalue weighted by molar-refractivity contribution is 6.33. The molecule has 1 fully saturated rings. The predicted octanol–water partition coefficient (Wildman–Crippen LogP) is 3.81. The van der Waals surface area contributed by atoms with Crippen molar-refractivity contribution >= 4 is 23.4 Å². The average molecular weight is 283 g/mol. The first-order valence-electron chi connectivity index (χ1n) is 6.71. The largest absolute Gasteiger partial charge is 0.478 e. The lowest BCUT2D eigenvalue weighted by Gasteiger charge is -2.17. The zero-order chi connectivity index (χ0) is 13.8. The van der Waals surface area contributed by atoms with E-state index in [0.29, 0.717) is 11.9 Å². The maximum Gasteiger partial charge on any atom is 0.337 e. The number of carbonyl (C=O) groups is 1. The fourth-order valence-corrected chi connectivity index (χ4v) is 2.71. The molecule has 1 aromatic heterocycles. The molecule has 0 amide bonds. The zero-order valence-electron chi connectivity index (χ0n) is 11.0. The lowest BCUT2D eigenvalue weighted by molar-refractivity contribution is 0.0697. The fourth-order valence-electron chi connectivity index (χ4n) is 2.52. The third kappa shape index (κ3) is 3.83. The van der Waals surface area contributed by atoms with Crippen molar-refractivity contribution in [2.24, 2.45) is 5.92 Å². The molecule has 2 rings (SSSR count). The lowest BCUT2D eigenvalue weighted by atomic mass is 10.0. The topological polar surface area (TPSA) is 62.2 Å². The number of carboxylic acids is 1. The van der Waals surface area contributed by atoms with Gasteiger partial charge in [-0.15, -0.1) is 0 Å². The molecule has 0 bridgehead atoms. The molecule has 1 aliphatic carbocycles. The van der Waals surface area contributed by atoms with E-state index in [1.165, 1.54) is 31.5 Å². The van der Waals surface area contributed by atoms with E-state index in [-0.39, 0.29) is 10.6 Å². The highest BCUT2D eigenvalue weighted by atomic mass is 35.5. The molecule has 1 saturated carbocycles. The quantitative estimate of drug-likeness (QED) is 0.828. The second-order valence-electron chi connectivity index (χ2n) is 5.31. The van der Waals surface area contributed by atoms with Gasteiger partial charge in [0, 0.05) is 12.2 Å². The fraction of sp³-hybridized carbons (Fsp3) is 0.571. The summed E-state index contributed by atoms with van der Waals surface area (Å²) in [6, 6.07) is 1.89. The first-order valence-corrected chi connectivity index (χ1v) is 7.09. The highest BCUT2D eigenvalue weighted by Crippen LogP contribution is 2.25. The molecule has 2 N–H and O–H groups in total. The Labute approximate surface area is 118 Å². The Hall–Kier alpha value is -1.29. The van der Waals surface area contributed by atoms with E-state index in [4.69, 9.17) is 16.7 Å². The minimum absolute atomic E-state index is 0.0983. The number of halogens is 1. The zero-order valence-corrected chi connectivity index (χ0v) is 11.8. The summed E-state index contributed by atoms with van der Waals surface area (Å²) in [5.41, 5.74) is 0.0983. The number of anilines is 1. The van der Waals surface area contributed by atoms with Crippen LogP contribution in [0, 0.1) is 5.92 Å². The molecule has 0 aromatic carbocycles. The normalized spacial score (nSPS) is 23.7. The van der Waals surface area contributed by atoms with Gasteiger partial charge in [-0.1, -0.05) is 31.4 Å². The second-order valence-corrected chi connectivity index (χ2v) is 5.72. The number of hydrogen-bond acceptors (Lipinski definition) is 3. The van der Waals surface area contributed by atoms with Crippen LogP contribution in [-0.4, -0.2) is 22.1 Å². The molecule has 1 aromatic rings. The van der Waals surface area contributed by atoms with Crippen LogP contribution in [0.5, 0.6) is 0 Å². The Morgan fingerprint density at radius 2 is 2.21 bits per heavy atom. The molecule has 0 saturated heterocycles. The molecule has 5 heteroatoms. The van der Waals surface area contributed by atoms with E-state index in [1.807, 2.05) is 0 Å². The van der Waals surface area contributed by atoms with Crippen molar-refractivity contribution in [3.05, 3.63) is 22.8 Å². The van der Waals surface area contributed by atoms with Crippen LogP contribution in [0.15, 0.2) is 12.3 Å². The van der Waals surface area contributed by atoms with Crippen LogP contribution in [0.1, 0.15) is 49.4 Å². The van der Waals surface area contributed by atoms with Crippen molar-refractivity contribution in [1.82, 2.24) is 4.98 Å². The van der Waals surface area contributed by atoms with Crippen molar-refractivity contribution < 1.29 is 9.90 Å². The molecule has 19 heavy (non-hydrogen) atoms. The van der Waals surface area contributed by atoms with E-state index in [9.17, 15) is 4.79 Å². The van der Waals surface area contributed by atoms with Crippen LogP contribution in [0.3, 0.4) is 0 Å². The number of carboxylic acid groups (broad SMARTS) is 1. The second kappa shape index (κ2) is 6.24. The smallest absolute Gasteiger partial charge is 0.337 e. The van der Waals surface area contributed by atoms with E-state index >= 15 is 0 Å². The number of aromatic nitrogens is 1. The van der Waals surface area contributed by atoms with Gasteiger partial charge in [0.05, 0.1) is 10.6 Å². The van der Waals surface area contributed by atoms with Gasteiger partial charge in [0.25, 0.3) is 0 Å². The molecule has 4 nitrogen and oxygen atoms in total. The Bertz CT molecular complexity index is 465. The van der Waals surface area contributed by atoms with Crippen molar-refractivity contribution in [2.45, 2.75) is 45.1 Å². The summed E-state index contributed by atoms with van der Waals surface area (Å²) >= 11 is 5.81. The summed E-state index contributed by atoms with van der Waals surface area (Å²) in [5.74, 6) is 0.353. The molecule has 0 spiro atoms. The van der Waals surface area contributed by atoms with Gasteiger partial charge in [-0.05, 0) is 31.2 Å². The monoisotopic (exact) mass is 282 g/mol. The molecule has 0 aliphatic heterocycles. The summed E-state index contributed by atoms with van der Waals surface area (Å²) in [4.78, 5) is 15.2. The maximum absolute atomic E-state index is 11.0. The van der Waals surface area contributed by atoms with Crippen LogP contribution in [0.2, 0.25) is 5.02 Å². The first-order chi connectivity index (χ1) is 9.06. The minimum atomic E-state index is -1.02. The summed E-state index contributed by atoms with van der Waals surface area (Å²) in [6.45, 7) is 2.28. The van der Waals surface area contributed by atoms with Gasteiger partial charge in [0.1, 0.15) is 5.82 Å². The van der Waals surface area contributed by atoms with Crippen LogP contribution >= 0.6 is 11.6 Å². The lowest BCUT2D eigenvalue weighted by Crippen LogP contribution is -2.19. The van der Waals surface area contributed by atoms with Crippen molar-refractivity contribution in [1.29, 1.82) is 0 Å². The van der Waals surface area contributed by atoms with Gasteiger partial charge in [-0.2, -0.15) is 0 Å². The molecular weight excluding hydrogens is 264 g/mol. The summed E-state index contributed by atoms with van der Waals surface area (Å²) in [6.07, 6.45) is 7.29. The van der Waals surface area contributed by atoms with Crippen LogP contribution in [-0.2, 0) is 0 Å². The summed E-state index contributed by atoms with van der Waals surface area (Å²) in [5, 5.41) is 12.5. The minimum Gasteiger partial charge on any atom is -0.478 e. The predicted molar refractivity (Wildman–Crippen MR) is 75.9 cm³/mol. The molecular formula is C14H19ClN2O2. The summed E-state index contributed by atoms with van der Waals surface area (Å²) < 4.78 is 0. The number of aromatic carboxylic acids is 1. The van der Waals surface area contributed by atoms with Gasteiger partial charge in [-0.25, -0.2) is 9.78 Å². The van der Waals surface area contributed by atoms with Crippen molar-refractivity contribution in [3.63, 3.8) is 0 Å². The van der Waals surface area contributed by atoms with Crippen LogP contribution < -0.4 is 5.32 Å². The number of nitrogens with zero attached hydrogens (tertiary/aromatic N) is 1. The van der Waals surface area contributed by atoms with E-state index in [0.717, 1.165) is 18.8 Å². The van der Waals surface area contributed by atoms with Crippen LogP contribution in [0.25, 0.3) is 0 Å². The molecule has 1 heterocycles. The van der Waals surface area contributed by atoms with Gasteiger partial charge < -0.3 is 10.4 Å². The average Bonchev–Trinajstić information content (AvgIpc) is 2.56.